The van der Waals surface area contributed by atoms with Crippen molar-refractivity contribution >= 4 is 21.8 Å². The predicted molar refractivity (Wildman–Crippen MR) is 67.3 cm³/mol. The SMILES string of the molecule is O=C(Nn1cccc1)c1ccc(Br)c(C(F)(F)F)c1. The molecule has 0 aliphatic heterocycles. The maximum absolute atomic E-state index is 12.7. The molecular weight excluding hydrogens is 325 g/mol. The third-order valence-corrected chi connectivity index (χ3v) is 3.06. The normalized spacial score (nSPS) is 11.4. The van der Waals surface area contributed by atoms with Gasteiger partial charge in [0, 0.05) is 22.4 Å². The smallest absolute Gasteiger partial charge is 0.268 e. The van der Waals surface area contributed by atoms with E-state index >= 15 is 0 Å². The molecule has 1 aromatic carbocycles. The summed E-state index contributed by atoms with van der Waals surface area (Å²) in [5.74, 6) is -0.616. The van der Waals surface area contributed by atoms with Crippen LogP contribution in [0.2, 0.25) is 0 Å². The van der Waals surface area contributed by atoms with Crippen molar-refractivity contribution in [2.75, 3.05) is 5.43 Å². The molecule has 0 aliphatic carbocycles. The van der Waals surface area contributed by atoms with Crippen LogP contribution in [0.25, 0.3) is 0 Å². The summed E-state index contributed by atoms with van der Waals surface area (Å²) in [5, 5.41) is 0. The van der Waals surface area contributed by atoms with Gasteiger partial charge in [0.05, 0.1) is 5.56 Å². The van der Waals surface area contributed by atoms with E-state index in [0.717, 1.165) is 6.07 Å². The number of carbonyl (C=O) groups excluding carboxylic acids is 1. The molecule has 0 atom stereocenters. The van der Waals surface area contributed by atoms with Crippen molar-refractivity contribution in [2.24, 2.45) is 0 Å². The molecule has 0 fully saturated rings. The Bertz CT molecular complexity index is 594. The van der Waals surface area contributed by atoms with Gasteiger partial charge in [0.15, 0.2) is 0 Å². The van der Waals surface area contributed by atoms with Gasteiger partial charge in [-0.15, -0.1) is 0 Å². The Morgan fingerprint density at radius 2 is 1.84 bits per heavy atom. The molecule has 0 unspecified atom stereocenters. The minimum Gasteiger partial charge on any atom is -0.268 e. The zero-order valence-corrected chi connectivity index (χ0v) is 11.0. The summed E-state index contributed by atoms with van der Waals surface area (Å²) in [5.41, 5.74) is 1.48. The second kappa shape index (κ2) is 5.08. The second-order valence-corrected chi connectivity index (χ2v) is 4.58. The van der Waals surface area contributed by atoms with E-state index in [-0.39, 0.29) is 10.0 Å². The van der Waals surface area contributed by atoms with Crippen molar-refractivity contribution in [2.45, 2.75) is 6.18 Å². The lowest BCUT2D eigenvalue weighted by atomic mass is 10.1. The standard InChI is InChI=1S/C12H8BrF3N2O/c13-10-4-3-8(7-9(10)12(14,15)16)11(19)17-18-5-1-2-6-18/h1-7H,(H,17,19). The highest BCUT2D eigenvalue weighted by molar-refractivity contribution is 9.10. The van der Waals surface area contributed by atoms with Crippen molar-refractivity contribution in [1.29, 1.82) is 0 Å². The summed E-state index contributed by atoms with van der Waals surface area (Å²) in [6.45, 7) is 0. The Kier molecular flexibility index (Phi) is 3.66. The van der Waals surface area contributed by atoms with Crippen LogP contribution in [0.1, 0.15) is 15.9 Å². The molecule has 3 nitrogen and oxygen atoms in total. The number of carbonyl (C=O) groups is 1. The number of benzene rings is 1. The summed E-state index contributed by atoms with van der Waals surface area (Å²) in [4.78, 5) is 11.8. The summed E-state index contributed by atoms with van der Waals surface area (Å²) >= 11 is 2.82. The molecule has 0 spiro atoms. The molecule has 1 aromatic heterocycles. The molecule has 0 bridgehead atoms. The van der Waals surface area contributed by atoms with Gasteiger partial charge in [-0.2, -0.15) is 13.2 Å². The molecule has 2 aromatic rings. The monoisotopic (exact) mass is 332 g/mol. The first-order valence-electron chi connectivity index (χ1n) is 5.19. The quantitative estimate of drug-likeness (QED) is 0.894. The first-order valence-corrected chi connectivity index (χ1v) is 5.98. The minimum atomic E-state index is -4.51. The van der Waals surface area contributed by atoms with E-state index in [1.807, 2.05) is 0 Å². The lowest BCUT2D eigenvalue weighted by Gasteiger charge is -2.11. The van der Waals surface area contributed by atoms with Gasteiger partial charge in [-0.05, 0) is 30.3 Å². The van der Waals surface area contributed by atoms with Crippen LogP contribution in [0, 0.1) is 0 Å². The first kappa shape index (κ1) is 13.7. The number of nitrogens with zero attached hydrogens (tertiary/aromatic N) is 1. The molecule has 100 valence electrons. The number of aromatic nitrogens is 1. The van der Waals surface area contributed by atoms with Gasteiger partial charge < -0.3 is 0 Å². The lowest BCUT2D eigenvalue weighted by molar-refractivity contribution is -0.138. The predicted octanol–water partition coefficient (Wildman–Crippen LogP) is 3.65. The van der Waals surface area contributed by atoms with Gasteiger partial charge in [-0.25, -0.2) is 0 Å². The van der Waals surface area contributed by atoms with Crippen molar-refractivity contribution < 1.29 is 18.0 Å². The molecule has 7 heteroatoms. The fourth-order valence-electron chi connectivity index (χ4n) is 1.47. The van der Waals surface area contributed by atoms with Crippen LogP contribution in [-0.2, 0) is 6.18 Å². The van der Waals surface area contributed by atoms with Gasteiger partial charge in [-0.1, -0.05) is 15.9 Å². The zero-order valence-electron chi connectivity index (χ0n) is 9.41. The molecular formula is C12H8BrF3N2O. The van der Waals surface area contributed by atoms with Crippen LogP contribution in [0.4, 0.5) is 13.2 Å². The maximum Gasteiger partial charge on any atom is 0.417 e. The van der Waals surface area contributed by atoms with Crippen molar-refractivity contribution in [3.63, 3.8) is 0 Å². The minimum absolute atomic E-state index is 0.0655. The summed E-state index contributed by atoms with van der Waals surface area (Å²) in [6.07, 6.45) is -1.37. The van der Waals surface area contributed by atoms with Gasteiger partial charge in [0.25, 0.3) is 5.91 Å². The highest BCUT2D eigenvalue weighted by atomic mass is 79.9. The van der Waals surface area contributed by atoms with Crippen LogP contribution >= 0.6 is 15.9 Å². The van der Waals surface area contributed by atoms with Crippen LogP contribution < -0.4 is 5.43 Å². The largest absolute Gasteiger partial charge is 0.417 e. The number of amides is 1. The Balaban J connectivity index is 2.28. The van der Waals surface area contributed by atoms with Crippen LogP contribution in [0.5, 0.6) is 0 Å². The average Bonchev–Trinajstić information content (AvgIpc) is 2.80. The fraction of sp³-hybridized carbons (Fsp3) is 0.0833. The van der Waals surface area contributed by atoms with E-state index in [0.29, 0.717) is 0 Å². The van der Waals surface area contributed by atoms with E-state index in [9.17, 15) is 18.0 Å². The third-order valence-electron chi connectivity index (χ3n) is 2.37. The van der Waals surface area contributed by atoms with E-state index in [4.69, 9.17) is 0 Å². The average molecular weight is 333 g/mol. The van der Waals surface area contributed by atoms with Gasteiger partial charge in [-0.3, -0.25) is 14.9 Å². The van der Waals surface area contributed by atoms with Crippen LogP contribution in [0.3, 0.4) is 0 Å². The molecule has 0 saturated heterocycles. The molecule has 0 aliphatic rings. The van der Waals surface area contributed by atoms with Gasteiger partial charge >= 0.3 is 6.18 Å². The van der Waals surface area contributed by atoms with Crippen molar-refractivity contribution in [3.8, 4) is 0 Å². The lowest BCUT2D eigenvalue weighted by Crippen LogP contribution is -2.22. The second-order valence-electron chi connectivity index (χ2n) is 3.72. The summed E-state index contributed by atoms with van der Waals surface area (Å²) in [7, 11) is 0. The Morgan fingerprint density at radius 3 is 2.42 bits per heavy atom. The molecule has 0 saturated carbocycles. The Hall–Kier alpha value is -1.76. The Labute approximate surface area is 115 Å². The topological polar surface area (TPSA) is 34.0 Å². The van der Waals surface area contributed by atoms with Gasteiger partial charge in [0.2, 0.25) is 0 Å². The van der Waals surface area contributed by atoms with E-state index in [1.165, 1.54) is 16.8 Å². The first-order chi connectivity index (χ1) is 8.88. The molecule has 1 N–H and O–H groups in total. The number of nitrogens with one attached hydrogen (secondary N) is 1. The zero-order chi connectivity index (χ0) is 14.0. The number of hydrogen-bond donors (Lipinski definition) is 1. The third kappa shape index (κ3) is 3.17. The maximum atomic E-state index is 12.7. The highest BCUT2D eigenvalue weighted by Gasteiger charge is 2.33. The van der Waals surface area contributed by atoms with Crippen molar-refractivity contribution in [1.82, 2.24) is 4.68 Å². The summed E-state index contributed by atoms with van der Waals surface area (Å²) < 4.78 is 39.4. The molecule has 1 amide bonds. The summed E-state index contributed by atoms with van der Waals surface area (Å²) in [6, 6.07) is 6.69. The number of alkyl halides is 3. The van der Waals surface area contributed by atoms with E-state index in [2.05, 4.69) is 21.4 Å². The molecule has 0 radical (unpaired) electrons. The number of halogens is 4. The van der Waals surface area contributed by atoms with Crippen molar-refractivity contribution in [3.05, 3.63) is 58.3 Å². The number of rotatable bonds is 2. The Morgan fingerprint density at radius 1 is 1.21 bits per heavy atom. The molecule has 1 heterocycles. The fourth-order valence-corrected chi connectivity index (χ4v) is 1.95. The molecule has 2 rings (SSSR count). The number of hydrogen-bond acceptors (Lipinski definition) is 1. The van der Waals surface area contributed by atoms with E-state index < -0.39 is 17.6 Å². The van der Waals surface area contributed by atoms with E-state index in [1.54, 1.807) is 24.5 Å². The van der Waals surface area contributed by atoms with Gasteiger partial charge in [0.1, 0.15) is 0 Å². The highest BCUT2D eigenvalue weighted by Crippen LogP contribution is 2.35. The molecule has 19 heavy (non-hydrogen) atoms. The van der Waals surface area contributed by atoms with Crippen LogP contribution in [0.15, 0.2) is 47.2 Å². The van der Waals surface area contributed by atoms with Crippen LogP contribution in [-0.4, -0.2) is 10.6 Å².